The number of hydrogen-bond donors (Lipinski definition) is 1. The van der Waals surface area contributed by atoms with E-state index < -0.39 is 11.0 Å². The molecule has 0 aromatic carbocycles. The van der Waals surface area contributed by atoms with Gasteiger partial charge in [0.25, 0.3) is 0 Å². The molecule has 1 N–H and O–H groups in total. The Kier molecular flexibility index (Phi) is 3.14. The summed E-state index contributed by atoms with van der Waals surface area (Å²) in [6.45, 7) is 1.55. The highest BCUT2D eigenvalue weighted by atomic mass is 35.5. The van der Waals surface area contributed by atoms with Gasteiger partial charge in [0.15, 0.2) is 5.00 Å². The van der Waals surface area contributed by atoms with Crippen LogP contribution in [0.1, 0.15) is 17.9 Å². The summed E-state index contributed by atoms with van der Waals surface area (Å²) in [6, 6.07) is 1.35. The highest BCUT2D eigenvalue weighted by Crippen LogP contribution is 2.35. The zero-order valence-corrected chi connectivity index (χ0v) is 10.3. The zero-order valence-electron chi connectivity index (χ0n) is 8.70. The van der Waals surface area contributed by atoms with Crippen molar-refractivity contribution in [1.82, 2.24) is 9.78 Å². The van der Waals surface area contributed by atoms with Crippen molar-refractivity contribution in [3.8, 4) is 5.00 Å². The van der Waals surface area contributed by atoms with E-state index in [0.29, 0.717) is 14.9 Å². The van der Waals surface area contributed by atoms with Crippen LogP contribution in [-0.2, 0) is 0 Å². The van der Waals surface area contributed by atoms with Crippen molar-refractivity contribution >= 4 is 28.6 Å². The molecule has 0 aliphatic carbocycles. The highest BCUT2D eigenvalue weighted by molar-refractivity contribution is 7.15. The molecule has 2 rings (SSSR count). The number of nitro groups is 1. The molecule has 0 radical (unpaired) electrons. The largest absolute Gasteiger partial charge is 0.388 e. The van der Waals surface area contributed by atoms with Crippen molar-refractivity contribution < 1.29 is 10.0 Å². The fourth-order valence-corrected chi connectivity index (χ4v) is 2.43. The second-order valence-electron chi connectivity index (χ2n) is 3.38. The minimum absolute atomic E-state index is 0.0920. The van der Waals surface area contributed by atoms with Gasteiger partial charge in [0.05, 0.1) is 28.4 Å². The molecule has 90 valence electrons. The summed E-state index contributed by atoms with van der Waals surface area (Å²) >= 11 is 6.83. The van der Waals surface area contributed by atoms with E-state index in [1.807, 2.05) is 0 Å². The number of halogens is 1. The van der Waals surface area contributed by atoms with Crippen molar-refractivity contribution in [1.29, 1.82) is 0 Å². The van der Waals surface area contributed by atoms with Gasteiger partial charge in [-0.1, -0.05) is 11.6 Å². The lowest BCUT2D eigenvalue weighted by Gasteiger charge is -1.97. The van der Waals surface area contributed by atoms with Gasteiger partial charge in [-0.05, 0) is 6.92 Å². The van der Waals surface area contributed by atoms with Crippen LogP contribution < -0.4 is 0 Å². The zero-order chi connectivity index (χ0) is 12.6. The monoisotopic (exact) mass is 273 g/mol. The molecule has 8 heteroatoms. The minimum Gasteiger partial charge on any atom is -0.388 e. The predicted octanol–water partition coefficient (Wildman–Crippen LogP) is 2.55. The Morgan fingerprint density at radius 3 is 2.88 bits per heavy atom. The lowest BCUT2D eigenvalue weighted by atomic mass is 10.3. The molecule has 2 aromatic heterocycles. The van der Waals surface area contributed by atoms with Crippen LogP contribution in [0.5, 0.6) is 0 Å². The highest BCUT2D eigenvalue weighted by Gasteiger charge is 2.22. The molecule has 0 fully saturated rings. The number of aromatic nitrogens is 2. The number of nitrogens with zero attached hydrogens (tertiary/aromatic N) is 3. The molecule has 0 amide bonds. The minimum atomic E-state index is -0.751. The molecule has 0 saturated heterocycles. The third-order valence-corrected chi connectivity index (χ3v) is 3.56. The molecule has 1 unspecified atom stereocenters. The van der Waals surface area contributed by atoms with Crippen LogP contribution in [0, 0.1) is 10.1 Å². The maximum Gasteiger partial charge on any atom is 0.306 e. The van der Waals surface area contributed by atoms with E-state index in [-0.39, 0.29) is 5.69 Å². The molecular formula is C9H8ClN3O3S. The summed E-state index contributed by atoms with van der Waals surface area (Å²) in [7, 11) is 0. The smallest absolute Gasteiger partial charge is 0.306 e. The molecule has 17 heavy (non-hydrogen) atoms. The van der Waals surface area contributed by atoms with E-state index in [0.717, 1.165) is 11.3 Å². The van der Waals surface area contributed by atoms with Gasteiger partial charge >= 0.3 is 5.69 Å². The SMILES string of the molecule is CC(O)c1cc([N+](=O)[O-])c(-n2cc(Cl)cn2)s1. The van der Waals surface area contributed by atoms with Gasteiger partial charge in [-0.25, -0.2) is 4.68 Å². The van der Waals surface area contributed by atoms with Crippen LogP contribution in [0.4, 0.5) is 5.69 Å². The molecule has 0 aliphatic heterocycles. The van der Waals surface area contributed by atoms with Crippen LogP contribution in [-0.4, -0.2) is 19.8 Å². The predicted molar refractivity (Wildman–Crippen MR) is 63.7 cm³/mol. The van der Waals surface area contributed by atoms with Gasteiger partial charge in [0.1, 0.15) is 0 Å². The first-order valence-corrected chi connectivity index (χ1v) is 5.85. The Morgan fingerprint density at radius 1 is 1.71 bits per heavy atom. The molecule has 2 aromatic rings. The van der Waals surface area contributed by atoms with Crippen molar-refractivity contribution in [3.63, 3.8) is 0 Å². The molecule has 0 aliphatic rings. The Hall–Kier alpha value is -1.44. The lowest BCUT2D eigenvalue weighted by molar-refractivity contribution is -0.384. The first-order chi connectivity index (χ1) is 7.99. The number of aliphatic hydroxyl groups excluding tert-OH is 1. The van der Waals surface area contributed by atoms with E-state index in [1.54, 1.807) is 6.92 Å². The van der Waals surface area contributed by atoms with E-state index in [2.05, 4.69) is 5.10 Å². The quantitative estimate of drug-likeness (QED) is 0.688. The summed E-state index contributed by atoms with van der Waals surface area (Å²) in [5.41, 5.74) is -0.0920. The van der Waals surface area contributed by atoms with E-state index in [9.17, 15) is 15.2 Å². The molecule has 0 bridgehead atoms. The molecule has 1 atom stereocenters. The topological polar surface area (TPSA) is 81.2 Å². The van der Waals surface area contributed by atoms with Gasteiger partial charge in [-0.2, -0.15) is 5.10 Å². The molecule has 0 spiro atoms. The maximum absolute atomic E-state index is 10.9. The van der Waals surface area contributed by atoms with Crippen LogP contribution in [0.3, 0.4) is 0 Å². The maximum atomic E-state index is 10.9. The van der Waals surface area contributed by atoms with Gasteiger partial charge in [-0.3, -0.25) is 10.1 Å². The number of aliphatic hydroxyl groups is 1. The normalized spacial score (nSPS) is 12.6. The van der Waals surface area contributed by atoms with E-state index in [4.69, 9.17) is 11.6 Å². The number of rotatable bonds is 3. The Labute approximate surface area is 105 Å². The summed E-state index contributed by atoms with van der Waals surface area (Å²) in [5, 5.41) is 25.0. The van der Waals surface area contributed by atoms with Gasteiger partial charge in [0.2, 0.25) is 0 Å². The molecular weight excluding hydrogens is 266 g/mol. The van der Waals surface area contributed by atoms with Crippen molar-refractivity contribution in [2.75, 3.05) is 0 Å². The Bertz CT molecular complexity index is 564. The summed E-state index contributed by atoms with van der Waals surface area (Å²) in [6.07, 6.45) is 2.12. The average molecular weight is 274 g/mol. The second kappa shape index (κ2) is 4.44. The van der Waals surface area contributed by atoms with Gasteiger partial charge in [0, 0.05) is 10.9 Å². The van der Waals surface area contributed by atoms with Crippen molar-refractivity contribution in [2.24, 2.45) is 0 Å². The molecule has 6 nitrogen and oxygen atoms in total. The third kappa shape index (κ3) is 2.31. The third-order valence-electron chi connectivity index (χ3n) is 2.08. The van der Waals surface area contributed by atoms with E-state index in [1.165, 1.54) is 23.1 Å². The molecule has 0 saturated carbocycles. The Morgan fingerprint density at radius 2 is 2.41 bits per heavy atom. The first-order valence-electron chi connectivity index (χ1n) is 4.65. The molecule has 2 heterocycles. The Balaban J connectivity index is 2.55. The number of thiophene rings is 1. The van der Waals surface area contributed by atoms with Gasteiger partial charge in [-0.15, -0.1) is 11.3 Å². The van der Waals surface area contributed by atoms with E-state index >= 15 is 0 Å². The van der Waals surface area contributed by atoms with Crippen LogP contribution in [0.15, 0.2) is 18.5 Å². The van der Waals surface area contributed by atoms with Crippen LogP contribution in [0.25, 0.3) is 5.00 Å². The van der Waals surface area contributed by atoms with Crippen LogP contribution in [0.2, 0.25) is 5.02 Å². The standard InChI is InChI=1S/C9H8ClN3O3S/c1-5(14)8-2-7(13(15)16)9(17-8)12-4-6(10)3-11-12/h2-5,14H,1H3. The summed E-state index contributed by atoms with van der Waals surface area (Å²) in [5.74, 6) is 0. The second-order valence-corrected chi connectivity index (χ2v) is 4.87. The van der Waals surface area contributed by atoms with Crippen molar-refractivity contribution in [3.05, 3.63) is 38.5 Å². The van der Waals surface area contributed by atoms with Crippen molar-refractivity contribution in [2.45, 2.75) is 13.0 Å². The average Bonchev–Trinajstić information content (AvgIpc) is 2.82. The summed E-state index contributed by atoms with van der Waals surface area (Å²) in [4.78, 5) is 10.9. The van der Waals surface area contributed by atoms with Crippen LogP contribution >= 0.6 is 22.9 Å². The fourth-order valence-electron chi connectivity index (χ4n) is 1.30. The fraction of sp³-hybridized carbons (Fsp3) is 0.222. The lowest BCUT2D eigenvalue weighted by Crippen LogP contribution is -1.95. The number of hydrogen-bond acceptors (Lipinski definition) is 5. The first kappa shape index (κ1) is 12.0. The van der Waals surface area contributed by atoms with Gasteiger partial charge < -0.3 is 5.11 Å². The summed E-state index contributed by atoms with van der Waals surface area (Å²) < 4.78 is 1.33.